The number of aromatic nitrogens is 6. The number of hydrogen-bond acceptors (Lipinski definition) is 7. The van der Waals surface area contributed by atoms with Crippen LogP contribution in [-0.2, 0) is 4.79 Å². The van der Waals surface area contributed by atoms with Gasteiger partial charge in [0.1, 0.15) is 12.2 Å². The molecule has 0 unspecified atom stereocenters. The Morgan fingerprint density at radius 3 is 2.87 bits per heavy atom. The molecule has 4 N–H and O–H groups in total. The molecule has 1 aliphatic heterocycles. The van der Waals surface area contributed by atoms with Crippen LogP contribution in [0.25, 0.3) is 23.0 Å². The normalized spacial score (nSPS) is 15.7. The number of fused-ring (bicyclic) bond motifs is 4. The van der Waals surface area contributed by atoms with Crippen LogP contribution in [0.4, 0.5) is 5.69 Å². The van der Waals surface area contributed by atoms with Gasteiger partial charge in [-0.3, -0.25) is 4.79 Å². The number of nitrogens with one attached hydrogen (secondary N) is 3. The molecule has 3 heterocycles. The first kappa shape index (κ1) is 25.2. The number of nitrogens with zero attached hydrogens (tertiary/aromatic N) is 5. The fourth-order valence-corrected chi connectivity index (χ4v) is 4.55. The number of anilines is 1. The van der Waals surface area contributed by atoms with Crippen LogP contribution in [0, 0.1) is 0 Å². The van der Waals surface area contributed by atoms with Crippen LogP contribution in [-0.4, -0.2) is 53.7 Å². The highest BCUT2D eigenvalue weighted by Gasteiger charge is 2.20. The van der Waals surface area contributed by atoms with Crippen LogP contribution in [0.2, 0.25) is 5.02 Å². The summed E-state index contributed by atoms with van der Waals surface area (Å²) in [7, 11) is 0. The van der Waals surface area contributed by atoms with Crippen molar-refractivity contribution in [2.45, 2.75) is 31.7 Å². The largest absolute Gasteiger partial charge is 0.478 e. The van der Waals surface area contributed by atoms with Gasteiger partial charge in [-0.15, -0.1) is 5.10 Å². The maximum atomic E-state index is 13.0. The third-order valence-electron chi connectivity index (χ3n) is 6.27. The summed E-state index contributed by atoms with van der Waals surface area (Å²) in [5.41, 5.74) is 3.65. The van der Waals surface area contributed by atoms with Gasteiger partial charge in [-0.05, 0) is 65.7 Å². The fraction of sp³-hybridized carbons (Fsp3) is 0.231. The molecule has 2 aromatic carbocycles. The standard InChI is InChI=1S/C26H25ClN8O3/c27-18-7-9-23(35-15-30-33-34-35)16(12-18)6-10-24(36)31-21-4-2-1-3-11-28-20-8-5-17(26(37)38)13-19(20)22-14-29-25(21)32-22/h5-10,12-15,21,28H,1-4,11H2,(H,29,32)(H,31,36)(H,37,38)/t21-/m0/s1. The zero-order valence-corrected chi connectivity index (χ0v) is 21.0. The van der Waals surface area contributed by atoms with E-state index in [2.05, 4.69) is 31.1 Å². The second kappa shape index (κ2) is 11.3. The molecule has 38 heavy (non-hydrogen) atoms. The van der Waals surface area contributed by atoms with Crippen molar-refractivity contribution in [1.82, 2.24) is 35.5 Å². The monoisotopic (exact) mass is 532 g/mol. The van der Waals surface area contributed by atoms with Crippen LogP contribution in [0.5, 0.6) is 0 Å². The number of aromatic amines is 1. The summed E-state index contributed by atoms with van der Waals surface area (Å²) in [6.45, 7) is 0.750. The van der Waals surface area contributed by atoms with E-state index >= 15 is 0 Å². The first-order valence-electron chi connectivity index (χ1n) is 12.2. The number of carbonyl (C=O) groups is 2. The lowest BCUT2D eigenvalue weighted by molar-refractivity contribution is -0.117. The minimum Gasteiger partial charge on any atom is -0.478 e. The third-order valence-corrected chi connectivity index (χ3v) is 6.51. The molecule has 2 bridgehead atoms. The number of aromatic carboxylic acids is 1. The predicted molar refractivity (Wildman–Crippen MR) is 142 cm³/mol. The highest BCUT2D eigenvalue weighted by atomic mass is 35.5. The summed E-state index contributed by atoms with van der Waals surface area (Å²) in [5.74, 6) is -0.696. The molecule has 4 aromatic rings. The summed E-state index contributed by atoms with van der Waals surface area (Å²) in [6, 6.07) is 9.83. The van der Waals surface area contributed by atoms with Gasteiger partial charge < -0.3 is 20.7 Å². The quantitative estimate of drug-likeness (QED) is 0.278. The summed E-state index contributed by atoms with van der Waals surface area (Å²) in [4.78, 5) is 32.4. The number of halogens is 1. The van der Waals surface area contributed by atoms with Crippen LogP contribution < -0.4 is 10.6 Å². The van der Waals surface area contributed by atoms with E-state index in [1.165, 1.54) is 17.1 Å². The molecule has 0 spiro atoms. The van der Waals surface area contributed by atoms with Gasteiger partial charge in [-0.25, -0.2) is 9.78 Å². The van der Waals surface area contributed by atoms with Crippen LogP contribution in [0.1, 0.15) is 53.5 Å². The lowest BCUT2D eigenvalue weighted by atomic mass is 10.0. The summed E-state index contributed by atoms with van der Waals surface area (Å²) >= 11 is 6.18. The molecular weight excluding hydrogens is 508 g/mol. The lowest BCUT2D eigenvalue weighted by Crippen LogP contribution is -2.27. The van der Waals surface area contributed by atoms with Crippen molar-refractivity contribution < 1.29 is 14.7 Å². The number of benzene rings is 2. The minimum atomic E-state index is -1.01. The maximum Gasteiger partial charge on any atom is 0.335 e. The number of rotatable bonds is 5. The van der Waals surface area contributed by atoms with Gasteiger partial charge in [-0.1, -0.05) is 24.4 Å². The number of imidazole rings is 1. The molecule has 1 atom stereocenters. The Bertz CT molecular complexity index is 1480. The van der Waals surface area contributed by atoms with E-state index in [1.807, 2.05) is 0 Å². The zero-order chi connectivity index (χ0) is 26.5. The minimum absolute atomic E-state index is 0.180. The average molecular weight is 533 g/mol. The van der Waals surface area contributed by atoms with Crippen molar-refractivity contribution in [2.24, 2.45) is 0 Å². The van der Waals surface area contributed by atoms with E-state index in [1.54, 1.807) is 48.7 Å². The molecule has 2 aromatic heterocycles. The number of amides is 1. The van der Waals surface area contributed by atoms with Crippen LogP contribution in [0.3, 0.4) is 0 Å². The lowest BCUT2D eigenvalue weighted by Gasteiger charge is -2.17. The third kappa shape index (κ3) is 5.73. The van der Waals surface area contributed by atoms with Crippen molar-refractivity contribution in [3.8, 4) is 16.9 Å². The Labute approximate surface area is 222 Å². The molecule has 0 saturated heterocycles. The van der Waals surface area contributed by atoms with E-state index in [0.717, 1.165) is 31.5 Å². The van der Waals surface area contributed by atoms with E-state index in [9.17, 15) is 14.7 Å². The molecule has 5 rings (SSSR count). The SMILES string of the molecule is O=C(C=Cc1cc(Cl)ccc1-n1cnnn1)N[C@H]1CCCCCNc2ccc(C(=O)O)cc2-c2c[nH]c1n2. The smallest absolute Gasteiger partial charge is 0.335 e. The van der Waals surface area contributed by atoms with E-state index in [0.29, 0.717) is 39.8 Å². The topological polar surface area (TPSA) is 151 Å². The molecule has 1 amide bonds. The number of H-pyrrole nitrogens is 1. The number of tetrazole rings is 1. The van der Waals surface area contributed by atoms with Crippen molar-refractivity contribution in [2.75, 3.05) is 11.9 Å². The number of carboxylic acid groups (broad SMARTS) is 1. The van der Waals surface area contributed by atoms with Gasteiger partial charge in [0.05, 0.1) is 23.0 Å². The first-order valence-corrected chi connectivity index (χ1v) is 12.5. The molecule has 0 fully saturated rings. The molecule has 0 radical (unpaired) electrons. The Morgan fingerprint density at radius 1 is 1.16 bits per heavy atom. The van der Waals surface area contributed by atoms with Crippen LogP contribution >= 0.6 is 11.6 Å². The Balaban J connectivity index is 1.39. The molecule has 0 aliphatic carbocycles. The first-order chi connectivity index (χ1) is 18.5. The molecule has 12 heteroatoms. The highest BCUT2D eigenvalue weighted by molar-refractivity contribution is 6.30. The number of hydrogen-bond donors (Lipinski definition) is 4. The second-order valence-electron chi connectivity index (χ2n) is 8.86. The Kier molecular flexibility index (Phi) is 7.45. The van der Waals surface area contributed by atoms with Crippen molar-refractivity contribution >= 4 is 35.2 Å². The zero-order valence-electron chi connectivity index (χ0n) is 20.3. The molecule has 0 saturated carbocycles. The van der Waals surface area contributed by atoms with Crippen molar-refractivity contribution in [3.05, 3.63) is 77.0 Å². The molecule has 194 valence electrons. The fourth-order valence-electron chi connectivity index (χ4n) is 4.37. The van der Waals surface area contributed by atoms with E-state index in [4.69, 9.17) is 16.6 Å². The number of carbonyl (C=O) groups excluding carboxylic acids is 1. The van der Waals surface area contributed by atoms with Crippen molar-refractivity contribution in [3.63, 3.8) is 0 Å². The predicted octanol–water partition coefficient (Wildman–Crippen LogP) is 4.26. The highest BCUT2D eigenvalue weighted by Crippen LogP contribution is 2.30. The van der Waals surface area contributed by atoms with Gasteiger partial charge >= 0.3 is 5.97 Å². The maximum absolute atomic E-state index is 13.0. The molecule has 11 nitrogen and oxygen atoms in total. The van der Waals surface area contributed by atoms with Gasteiger partial charge in [0.2, 0.25) is 5.91 Å². The summed E-state index contributed by atoms with van der Waals surface area (Å²) in [6.07, 6.45) is 9.80. The molecular formula is C26H25ClN8O3. The van der Waals surface area contributed by atoms with Gasteiger partial charge in [-0.2, -0.15) is 4.68 Å². The van der Waals surface area contributed by atoms with Crippen LogP contribution in [0.15, 0.2) is 55.0 Å². The van der Waals surface area contributed by atoms with E-state index < -0.39 is 5.97 Å². The van der Waals surface area contributed by atoms with Gasteiger partial charge in [0, 0.05) is 40.7 Å². The number of carboxylic acids is 1. The average Bonchev–Trinajstić information content (AvgIpc) is 3.61. The second-order valence-corrected chi connectivity index (χ2v) is 9.30. The van der Waals surface area contributed by atoms with E-state index in [-0.39, 0.29) is 17.5 Å². The van der Waals surface area contributed by atoms with Gasteiger partial charge in [0.15, 0.2) is 0 Å². The van der Waals surface area contributed by atoms with Crippen molar-refractivity contribution in [1.29, 1.82) is 0 Å². The molecule has 1 aliphatic rings. The summed E-state index contributed by atoms with van der Waals surface area (Å²) < 4.78 is 1.49. The Hall–Kier alpha value is -4.51. The Morgan fingerprint density at radius 2 is 2.05 bits per heavy atom. The summed E-state index contributed by atoms with van der Waals surface area (Å²) in [5, 5.41) is 27.7. The van der Waals surface area contributed by atoms with Gasteiger partial charge in [0.25, 0.3) is 0 Å².